The Hall–Kier alpha value is -2.77. The van der Waals surface area contributed by atoms with Crippen molar-refractivity contribution in [1.29, 1.82) is 0 Å². The molecule has 3 aliphatic heterocycles. The fourth-order valence-electron chi connectivity index (χ4n) is 15.6. The van der Waals surface area contributed by atoms with Gasteiger partial charge in [-0.05, 0) is 64.2 Å². The van der Waals surface area contributed by atoms with Gasteiger partial charge in [-0.25, -0.2) is 0 Å². The Kier molecular flexibility index (Phi) is 67.6. The predicted molar refractivity (Wildman–Crippen MR) is 457 cm³/mol. The summed E-state index contributed by atoms with van der Waals surface area (Å²) in [5.41, 5.74) is 0. The van der Waals surface area contributed by atoms with Gasteiger partial charge in [-0.3, -0.25) is 4.79 Å². The van der Waals surface area contributed by atoms with Gasteiger partial charge in [0.2, 0.25) is 5.91 Å². The van der Waals surface area contributed by atoms with Gasteiger partial charge in [0.25, 0.3) is 0 Å². The van der Waals surface area contributed by atoms with Gasteiger partial charge in [0.1, 0.15) is 73.2 Å². The van der Waals surface area contributed by atoms with Crippen molar-refractivity contribution in [3.05, 3.63) is 72.9 Å². The van der Waals surface area contributed by atoms with Gasteiger partial charge in [-0.2, -0.15) is 0 Å². The Labute approximate surface area is 687 Å². The van der Waals surface area contributed by atoms with E-state index in [0.29, 0.717) is 6.42 Å². The highest BCUT2D eigenvalue weighted by Gasteiger charge is 2.54. The molecule has 113 heavy (non-hydrogen) atoms. The number of hydrogen-bond donors (Lipinski definition) is 12. The maximum absolute atomic E-state index is 13.5. The molecule has 0 aromatic rings. The first-order chi connectivity index (χ1) is 55.3. The van der Waals surface area contributed by atoms with Gasteiger partial charge in [-0.15, -0.1) is 0 Å². The van der Waals surface area contributed by atoms with Crippen LogP contribution in [0.2, 0.25) is 0 Å². The molecule has 0 aromatic carbocycles. The van der Waals surface area contributed by atoms with E-state index in [1.54, 1.807) is 6.08 Å². The summed E-state index contributed by atoms with van der Waals surface area (Å²) in [5.74, 6) is -0.268. The number of carbonyl (C=O) groups is 1. The predicted octanol–water partition coefficient (Wildman–Crippen LogP) is 18.3. The lowest BCUT2D eigenvalue weighted by molar-refractivity contribution is -0.379. The summed E-state index contributed by atoms with van der Waals surface area (Å²) in [6, 6.07) is -0.975. The average Bonchev–Trinajstić information content (AvgIpc) is 0.777. The highest BCUT2D eigenvalue weighted by Crippen LogP contribution is 2.34. The van der Waals surface area contributed by atoms with E-state index in [1.807, 2.05) is 6.08 Å². The van der Waals surface area contributed by atoms with Crippen molar-refractivity contribution in [2.45, 2.75) is 491 Å². The first-order valence-electron chi connectivity index (χ1n) is 46.7. The minimum absolute atomic E-state index is 0.246. The molecule has 19 nitrogen and oxygen atoms in total. The zero-order valence-corrected chi connectivity index (χ0v) is 71.4. The quantitative estimate of drug-likeness (QED) is 0.0199. The van der Waals surface area contributed by atoms with E-state index >= 15 is 0 Å². The molecule has 3 rings (SSSR count). The van der Waals surface area contributed by atoms with Crippen molar-refractivity contribution in [2.24, 2.45) is 0 Å². The number of nitrogens with one attached hydrogen (secondary N) is 1. The smallest absolute Gasteiger partial charge is 0.220 e. The van der Waals surface area contributed by atoms with Crippen LogP contribution < -0.4 is 5.32 Å². The van der Waals surface area contributed by atoms with Crippen LogP contribution in [0.4, 0.5) is 0 Å². The fourth-order valence-corrected chi connectivity index (χ4v) is 15.6. The van der Waals surface area contributed by atoms with Gasteiger partial charge < -0.3 is 89.9 Å². The molecule has 0 spiro atoms. The number of aliphatic hydroxyl groups is 11. The van der Waals surface area contributed by atoms with Crippen molar-refractivity contribution < 1.29 is 89.4 Å². The first kappa shape index (κ1) is 104. The van der Waals surface area contributed by atoms with Crippen molar-refractivity contribution in [1.82, 2.24) is 5.32 Å². The number of rotatable bonds is 76. The first-order valence-corrected chi connectivity index (χ1v) is 46.7. The van der Waals surface area contributed by atoms with Crippen LogP contribution in [0.25, 0.3) is 0 Å². The third-order valence-corrected chi connectivity index (χ3v) is 23.0. The van der Waals surface area contributed by atoms with Gasteiger partial charge in [0.15, 0.2) is 18.9 Å². The topological polar surface area (TPSA) is 307 Å². The average molecular weight is 1600 g/mol. The molecule has 1 amide bonds. The van der Waals surface area contributed by atoms with E-state index in [0.717, 1.165) is 77.0 Å². The molecule has 3 aliphatic rings. The Morgan fingerprint density at radius 2 is 0.611 bits per heavy atom. The van der Waals surface area contributed by atoms with Gasteiger partial charge in [0.05, 0.1) is 38.6 Å². The van der Waals surface area contributed by atoms with E-state index in [1.165, 1.54) is 283 Å². The maximum atomic E-state index is 13.5. The van der Waals surface area contributed by atoms with E-state index in [4.69, 9.17) is 28.4 Å². The Morgan fingerprint density at radius 1 is 0.327 bits per heavy atom. The van der Waals surface area contributed by atoms with Crippen molar-refractivity contribution >= 4 is 5.91 Å². The van der Waals surface area contributed by atoms with E-state index < -0.39 is 124 Å². The monoisotopic (exact) mass is 1600 g/mol. The van der Waals surface area contributed by atoms with E-state index in [-0.39, 0.29) is 18.9 Å². The Balaban J connectivity index is 1.29. The van der Waals surface area contributed by atoms with Crippen molar-refractivity contribution in [3.8, 4) is 0 Å². The van der Waals surface area contributed by atoms with Crippen LogP contribution in [0.15, 0.2) is 72.9 Å². The summed E-state index contributed by atoms with van der Waals surface area (Å²) in [5, 5.41) is 121. The molecule has 17 unspecified atom stereocenters. The van der Waals surface area contributed by atoms with Gasteiger partial charge >= 0.3 is 0 Å². The zero-order chi connectivity index (χ0) is 81.7. The SMILES string of the molecule is CC/C=C\C/C=C\C/C=C\C/C=C\C/C=C\CCCCCCCCCCCCCCCCCCCCCCCCCCCC(=O)NC(COC1OC(CO)C(OC2OC(CO)C(OC3OC(CO)C(O)C(O)C3O)C(O)C2O)C(O)C1O)C(O)/C=C/CCCCCCCCCCCCCCCCCCCCCCCCCCC. The van der Waals surface area contributed by atoms with Gasteiger partial charge in [-0.1, -0.05) is 389 Å². The standard InChI is InChI=1S/C94H171NO18/c1-3-5-7-9-11-13-15-17-19-21-23-25-27-29-31-32-33-34-35-36-37-38-39-40-41-42-43-44-46-48-50-52-54-56-58-60-62-64-66-68-70-72-82(100)95-77(78(99)71-69-67-65-63-61-59-57-55-53-51-49-47-45-30-28-26-24-22-20-18-16-14-12-10-8-6-4-2)76-108-92-88(106)85(103)90(80(74-97)110-92)113-94-89(107)86(104)91(81(75-98)111-94)112-93-87(105)84(102)83(101)79(73-96)109-93/h5,7,11,13,17,19,23,25,29,31,69,71,77-81,83-94,96-99,101-107H,3-4,6,8-10,12,14-16,18,20-22,24,26-28,30,32-68,70,72-76H2,1-2H3,(H,95,100)/b7-5-,13-11-,19-17-,25-23-,31-29-,71-69+. The van der Waals surface area contributed by atoms with Crippen LogP contribution in [-0.4, -0.2) is 193 Å². The Bertz CT molecular complexity index is 2320. The van der Waals surface area contributed by atoms with Crippen LogP contribution in [0, 0.1) is 0 Å². The van der Waals surface area contributed by atoms with E-state index in [2.05, 4.69) is 79.9 Å². The van der Waals surface area contributed by atoms with E-state index in [9.17, 15) is 61.0 Å². The minimum atomic E-state index is -1.98. The number of unbranched alkanes of at least 4 members (excludes halogenated alkanes) is 50. The van der Waals surface area contributed by atoms with Crippen LogP contribution in [0.1, 0.15) is 386 Å². The summed E-state index contributed by atoms with van der Waals surface area (Å²) in [6.07, 6.45) is 72.1. The van der Waals surface area contributed by atoms with Crippen molar-refractivity contribution in [2.75, 3.05) is 26.4 Å². The number of carbonyl (C=O) groups excluding carboxylic acids is 1. The number of amides is 1. The molecule has 660 valence electrons. The van der Waals surface area contributed by atoms with Crippen LogP contribution >= 0.6 is 0 Å². The lowest BCUT2D eigenvalue weighted by Gasteiger charge is -2.48. The minimum Gasteiger partial charge on any atom is -0.394 e. The molecular formula is C94H171NO18. The van der Waals surface area contributed by atoms with Gasteiger partial charge in [0, 0.05) is 6.42 Å². The summed E-state index contributed by atoms with van der Waals surface area (Å²) >= 11 is 0. The molecule has 3 fully saturated rings. The molecule has 0 bridgehead atoms. The molecule has 12 N–H and O–H groups in total. The molecule has 0 radical (unpaired) electrons. The molecule has 17 atom stereocenters. The summed E-state index contributed by atoms with van der Waals surface area (Å²) < 4.78 is 34.6. The molecule has 19 heteroatoms. The van der Waals surface area contributed by atoms with Crippen LogP contribution in [0.5, 0.6) is 0 Å². The Morgan fingerprint density at radius 3 is 0.956 bits per heavy atom. The van der Waals surface area contributed by atoms with Crippen LogP contribution in [0.3, 0.4) is 0 Å². The van der Waals surface area contributed by atoms with Crippen molar-refractivity contribution in [3.63, 3.8) is 0 Å². The summed E-state index contributed by atoms with van der Waals surface area (Å²) in [7, 11) is 0. The second-order valence-corrected chi connectivity index (χ2v) is 33.1. The normalized spacial score (nSPS) is 25.1. The number of hydrogen-bond acceptors (Lipinski definition) is 18. The zero-order valence-electron chi connectivity index (χ0n) is 71.4. The fraction of sp³-hybridized carbons (Fsp3) is 0.862. The van der Waals surface area contributed by atoms with Crippen LogP contribution in [-0.2, 0) is 33.2 Å². The summed E-state index contributed by atoms with van der Waals surface area (Å²) in [6.45, 7) is 1.68. The number of ether oxygens (including phenoxy) is 6. The molecule has 3 saturated heterocycles. The number of aliphatic hydroxyl groups excluding tert-OH is 11. The third kappa shape index (κ3) is 51.5. The highest BCUT2D eigenvalue weighted by molar-refractivity contribution is 5.76. The second-order valence-electron chi connectivity index (χ2n) is 33.1. The third-order valence-electron chi connectivity index (χ3n) is 23.0. The summed E-state index contributed by atoms with van der Waals surface area (Å²) in [4.78, 5) is 13.5. The second kappa shape index (κ2) is 73.2. The lowest BCUT2D eigenvalue weighted by Crippen LogP contribution is -2.66. The molecular weight excluding hydrogens is 1430 g/mol. The molecule has 3 heterocycles. The highest BCUT2D eigenvalue weighted by atomic mass is 16.8. The number of allylic oxidation sites excluding steroid dienone is 11. The molecule has 0 aliphatic carbocycles. The maximum Gasteiger partial charge on any atom is 0.220 e. The lowest BCUT2D eigenvalue weighted by atomic mass is 9.96. The molecule has 0 aromatic heterocycles. The largest absolute Gasteiger partial charge is 0.394 e. The molecule has 0 saturated carbocycles.